The first-order valence-electron chi connectivity index (χ1n) is 7.61. The van der Waals surface area contributed by atoms with Crippen LogP contribution < -0.4 is 10.1 Å². The normalized spacial score (nSPS) is 10.6. The number of anilines is 1. The van der Waals surface area contributed by atoms with Gasteiger partial charge >= 0.3 is 0 Å². The van der Waals surface area contributed by atoms with Crippen molar-refractivity contribution in [3.63, 3.8) is 0 Å². The second kappa shape index (κ2) is 6.99. The van der Waals surface area contributed by atoms with Crippen LogP contribution in [0.25, 0.3) is 11.6 Å². The molecule has 0 aliphatic carbocycles. The number of nitrogens with one attached hydrogen (secondary N) is 1. The lowest BCUT2D eigenvalue weighted by Gasteiger charge is -2.08. The van der Waals surface area contributed by atoms with E-state index in [1.807, 2.05) is 19.1 Å². The second-order valence-electron chi connectivity index (χ2n) is 5.15. The van der Waals surface area contributed by atoms with Crippen molar-refractivity contribution in [2.24, 2.45) is 0 Å². The van der Waals surface area contributed by atoms with E-state index in [-0.39, 0.29) is 12.5 Å². The van der Waals surface area contributed by atoms with Crippen molar-refractivity contribution in [1.29, 1.82) is 0 Å². The molecule has 0 bridgehead atoms. The number of rotatable bonds is 6. The first-order valence-corrected chi connectivity index (χ1v) is 7.61. The molecule has 7 nitrogen and oxygen atoms in total. The Balaban J connectivity index is 1.69. The van der Waals surface area contributed by atoms with E-state index >= 15 is 0 Å². The molecule has 0 aliphatic heterocycles. The fourth-order valence-corrected chi connectivity index (χ4v) is 2.28. The quantitative estimate of drug-likeness (QED) is 0.753. The van der Waals surface area contributed by atoms with Crippen molar-refractivity contribution in [3.05, 3.63) is 48.5 Å². The SMILES string of the molecule is CCc1nnc(-c2cccn2CC(=O)Nc2ccc(OC)cc2)o1. The minimum atomic E-state index is -0.146. The molecular formula is C17H18N4O3. The lowest BCUT2D eigenvalue weighted by Crippen LogP contribution is -2.18. The van der Waals surface area contributed by atoms with Gasteiger partial charge in [0.2, 0.25) is 11.8 Å². The Morgan fingerprint density at radius 1 is 1.25 bits per heavy atom. The zero-order chi connectivity index (χ0) is 16.9. The third-order valence-electron chi connectivity index (χ3n) is 3.51. The molecule has 3 rings (SSSR count). The van der Waals surface area contributed by atoms with Crippen LogP contribution in [-0.4, -0.2) is 27.8 Å². The molecule has 1 amide bonds. The predicted octanol–water partition coefficient (Wildman–Crippen LogP) is 2.75. The smallest absolute Gasteiger partial charge is 0.264 e. The number of benzene rings is 1. The van der Waals surface area contributed by atoms with Crippen molar-refractivity contribution >= 4 is 11.6 Å². The summed E-state index contributed by atoms with van der Waals surface area (Å²) in [5.41, 5.74) is 1.42. The molecule has 7 heteroatoms. The summed E-state index contributed by atoms with van der Waals surface area (Å²) in [6, 6.07) is 10.8. The third kappa shape index (κ3) is 3.45. The molecule has 2 aromatic heterocycles. The number of carbonyl (C=O) groups excluding carboxylic acids is 1. The number of nitrogens with zero attached hydrogens (tertiary/aromatic N) is 3. The molecule has 0 saturated heterocycles. The zero-order valence-corrected chi connectivity index (χ0v) is 13.5. The molecule has 1 N–H and O–H groups in total. The standard InChI is InChI=1S/C17H18N4O3/c1-3-16-19-20-17(24-16)14-5-4-10-21(14)11-15(22)18-12-6-8-13(23-2)9-7-12/h4-10H,3,11H2,1-2H3,(H,18,22). The van der Waals surface area contributed by atoms with Crippen LogP contribution in [0.5, 0.6) is 5.75 Å². The Bertz CT molecular complexity index is 820. The number of hydrogen-bond donors (Lipinski definition) is 1. The van der Waals surface area contributed by atoms with Crippen LogP contribution >= 0.6 is 0 Å². The number of hydrogen-bond acceptors (Lipinski definition) is 5. The summed E-state index contributed by atoms with van der Waals surface area (Å²) in [6.07, 6.45) is 2.48. The van der Waals surface area contributed by atoms with Crippen molar-refractivity contribution in [3.8, 4) is 17.3 Å². The maximum absolute atomic E-state index is 12.2. The van der Waals surface area contributed by atoms with Crippen LogP contribution in [0.1, 0.15) is 12.8 Å². The highest BCUT2D eigenvalue weighted by Crippen LogP contribution is 2.19. The lowest BCUT2D eigenvalue weighted by atomic mass is 10.3. The monoisotopic (exact) mass is 326 g/mol. The van der Waals surface area contributed by atoms with Gasteiger partial charge < -0.3 is 19.0 Å². The van der Waals surface area contributed by atoms with Gasteiger partial charge in [0, 0.05) is 18.3 Å². The summed E-state index contributed by atoms with van der Waals surface area (Å²) in [7, 11) is 1.60. The molecule has 2 heterocycles. The van der Waals surface area contributed by atoms with Gasteiger partial charge in [0.05, 0.1) is 7.11 Å². The minimum Gasteiger partial charge on any atom is -0.497 e. The summed E-state index contributed by atoms with van der Waals surface area (Å²) >= 11 is 0. The fourth-order valence-electron chi connectivity index (χ4n) is 2.28. The highest BCUT2D eigenvalue weighted by atomic mass is 16.5. The van der Waals surface area contributed by atoms with E-state index in [4.69, 9.17) is 9.15 Å². The summed E-state index contributed by atoms with van der Waals surface area (Å²) in [6.45, 7) is 2.09. The van der Waals surface area contributed by atoms with Crippen LogP contribution in [0.2, 0.25) is 0 Å². The largest absolute Gasteiger partial charge is 0.497 e. The maximum Gasteiger partial charge on any atom is 0.264 e. The molecule has 0 fully saturated rings. The van der Waals surface area contributed by atoms with Gasteiger partial charge in [-0.05, 0) is 36.4 Å². The molecular weight excluding hydrogens is 308 g/mol. The highest BCUT2D eigenvalue weighted by molar-refractivity contribution is 5.90. The number of aryl methyl sites for hydroxylation is 1. The van der Waals surface area contributed by atoms with E-state index < -0.39 is 0 Å². The van der Waals surface area contributed by atoms with E-state index in [0.29, 0.717) is 29.6 Å². The van der Waals surface area contributed by atoms with Gasteiger partial charge in [0.1, 0.15) is 18.0 Å². The summed E-state index contributed by atoms with van der Waals surface area (Å²) < 4.78 is 12.4. The topological polar surface area (TPSA) is 82.2 Å². The molecule has 124 valence electrons. The summed E-state index contributed by atoms with van der Waals surface area (Å²) in [5.74, 6) is 1.58. The van der Waals surface area contributed by atoms with Gasteiger partial charge in [0.15, 0.2) is 0 Å². The van der Waals surface area contributed by atoms with Crippen molar-refractivity contribution in [1.82, 2.24) is 14.8 Å². The Hall–Kier alpha value is -3.09. The Labute approximate surface area is 139 Å². The molecule has 0 saturated carbocycles. The Kier molecular flexibility index (Phi) is 4.60. The van der Waals surface area contributed by atoms with Crippen molar-refractivity contribution in [2.75, 3.05) is 12.4 Å². The molecule has 0 atom stereocenters. The molecule has 0 spiro atoms. The second-order valence-corrected chi connectivity index (χ2v) is 5.15. The number of aromatic nitrogens is 3. The molecule has 1 aromatic carbocycles. The third-order valence-corrected chi connectivity index (χ3v) is 3.51. The van der Waals surface area contributed by atoms with Gasteiger partial charge in [-0.3, -0.25) is 4.79 Å². The van der Waals surface area contributed by atoms with Gasteiger partial charge in [-0.2, -0.15) is 0 Å². The molecule has 0 aliphatic rings. The molecule has 24 heavy (non-hydrogen) atoms. The van der Waals surface area contributed by atoms with Crippen molar-refractivity contribution in [2.45, 2.75) is 19.9 Å². The van der Waals surface area contributed by atoms with Crippen LogP contribution in [0.4, 0.5) is 5.69 Å². The number of ether oxygens (including phenoxy) is 1. The van der Waals surface area contributed by atoms with E-state index in [1.165, 1.54) is 0 Å². The van der Waals surface area contributed by atoms with Crippen LogP contribution in [0.3, 0.4) is 0 Å². The van der Waals surface area contributed by atoms with E-state index in [0.717, 1.165) is 5.75 Å². The molecule has 0 radical (unpaired) electrons. The first kappa shape index (κ1) is 15.8. The highest BCUT2D eigenvalue weighted by Gasteiger charge is 2.13. The van der Waals surface area contributed by atoms with E-state index in [2.05, 4.69) is 15.5 Å². The Morgan fingerprint density at radius 2 is 2.04 bits per heavy atom. The van der Waals surface area contributed by atoms with E-state index in [9.17, 15) is 4.79 Å². The van der Waals surface area contributed by atoms with E-state index in [1.54, 1.807) is 42.1 Å². The summed E-state index contributed by atoms with van der Waals surface area (Å²) in [5, 5.41) is 10.8. The van der Waals surface area contributed by atoms with Crippen LogP contribution in [-0.2, 0) is 17.8 Å². The number of carbonyl (C=O) groups is 1. The predicted molar refractivity (Wildman–Crippen MR) is 88.7 cm³/mol. The molecule has 0 unspecified atom stereocenters. The maximum atomic E-state index is 12.2. The zero-order valence-electron chi connectivity index (χ0n) is 13.5. The lowest BCUT2D eigenvalue weighted by molar-refractivity contribution is -0.116. The summed E-state index contributed by atoms with van der Waals surface area (Å²) in [4.78, 5) is 12.2. The average molecular weight is 326 g/mol. The molecule has 3 aromatic rings. The minimum absolute atomic E-state index is 0.146. The van der Waals surface area contributed by atoms with Gasteiger partial charge in [-0.25, -0.2) is 0 Å². The number of amides is 1. The van der Waals surface area contributed by atoms with Gasteiger partial charge in [-0.1, -0.05) is 6.92 Å². The Morgan fingerprint density at radius 3 is 2.71 bits per heavy atom. The first-order chi connectivity index (χ1) is 11.7. The average Bonchev–Trinajstić information content (AvgIpc) is 3.24. The number of methoxy groups -OCH3 is 1. The van der Waals surface area contributed by atoms with Crippen molar-refractivity contribution < 1.29 is 13.9 Å². The van der Waals surface area contributed by atoms with Crippen LogP contribution in [0.15, 0.2) is 47.0 Å². The van der Waals surface area contributed by atoms with Gasteiger partial charge in [0.25, 0.3) is 5.89 Å². The van der Waals surface area contributed by atoms with Crippen LogP contribution in [0, 0.1) is 0 Å². The fraction of sp³-hybridized carbons (Fsp3) is 0.235. The van der Waals surface area contributed by atoms with Gasteiger partial charge in [-0.15, -0.1) is 10.2 Å².